The number of likely N-dealkylation sites (N-methyl/N-ethyl adjacent to an activating group) is 1. The van der Waals surface area contributed by atoms with Crippen molar-refractivity contribution in [3.8, 4) is 12.1 Å². The Labute approximate surface area is 195 Å². The second-order valence-electron chi connectivity index (χ2n) is 10.1. The molecule has 0 spiro atoms. The number of fused-ring (bicyclic) bond motifs is 1. The third-order valence-corrected chi connectivity index (χ3v) is 6.46. The van der Waals surface area contributed by atoms with Gasteiger partial charge in [-0.15, -0.1) is 0 Å². The number of nitrogens with one attached hydrogen (secondary N) is 1. The fourth-order valence-electron chi connectivity index (χ4n) is 4.70. The van der Waals surface area contributed by atoms with E-state index in [0.29, 0.717) is 51.4 Å². The van der Waals surface area contributed by atoms with E-state index in [0.717, 1.165) is 30.0 Å². The van der Waals surface area contributed by atoms with Gasteiger partial charge in [0.2, 0.25) is 0 Å². The number of anilines is 1. The lowest BCUT2D eigenvalue weighted by Crippen LogP contribution is -2.56. The lowest BCUT2D eigenvalue weighted by molar-refractivity contribution is 0.0144. The molecule has 1 aromatic rings. The van der Waals surface area contributed by atoms with Crippen LogP contribution in [0.4, 0.5) is 10.6 Å². The summed E-state index contributed by atoms with van der Waals surface area (Å²) in [6.07, 6.45) is 2.17. The first kappa shape index (κ1) is 23.5. The first-order chi connectivity index (χ1) is 15.7. The van der Waals surface area contributed by atoms with E-state index in [2.05, 4.69) is 33.2 Å². The van der Waals surface area contributed by atoms with Crippen molar-refractivity contribution in [2.45, 2.75) is 70.8 Å². The zero-order valence-electron chi connectivity index (χ0n) is 20.1. The van der Waals surface area contributed by atoms with Crippen LogP contribution < -0.4 is 15.0 Å². The number of aromatic nitrogens is 2. The normalized spacial score (nSPS) is 23.4. The third kappa shape index (κ3) is 5.47. The molecule has 2 unspecified atom stereocenters. The SMILES string of the molecule is CN1CCCC1COc1nc2c(c(N3CCN(C(=O)OC(C)(C)C)C(CC#N)C3)n1)CNC2. The van der Waals surface area contributed by atoms with Crippen LogP contribution in [0.3, 0.4) is 0 Å². The molecule has 33 heavy (non-hydrogen) atoms. The number of nitrogens with zero attached hydrogens (tertiary/aromatic N) is 6. The van der Waals surface area contributed by atoms with E-state index in [1.807, 2.05) is 20.8 Å². The average Bonchev–Trinajstić information content (AvgIpc) is 3.39. The first-order valence-corrected chi connectivity index (χ1v) is 11.8. The maximum absolute atomic E-state index is 12.7. The monoisotopic (exact) mass is 457 g/mol. The number of piperazine rings is 1. The molecule has 0 radical (unpaired) electrons. The number of rotatable bonds is 5. The average molecular weight is 458 g/mol. The van der Waals surface area contributed by atoms with Gasteiger partial charge in [-0.2, -0.15) is 15.2 Å². The van der Waals surface area contributed by atoms with E-state index in [1.165, 1.54) is 6.42 Å². The number of likely N-dealkylation sites (tertiary alicyclic amines) is 1. The molecule has 0 aliphatic carbocycles. The van der Waals surface area contributed by atoms with Gasteiger partial charge in [-0.1, -0.05) is 0 Å². The number of ether oxygens (including phenoxy) is 2. The standard InChI is InChI=1S/C23H35N7O3/c1-23(2,3)33-22(31)30-11-10-29(14-16(30)7-8-24)20-18-12-25-13-19(18)26-21(27-20)32-15-17-6-5-9-28(17)4/h16-17,25H,5-7,9-15H2,1-4H3. The van der Waals surface area contributed by atoms with Gasteiger partial charge in [0, 0.05) is 44.3 Å². The van der Waals surface area contributed by atoms with Gasteiger partial charge in [-0.3, -0.25) is 0 Å². The summed E-state index contributed by atoms with van der Waals surface area (Å²) in [4.78, 5) is 28.3. The predicted octanol–water partition coefficient (Wildman–Crippen LogP) is 1.89. The summed E-state index contributed by atoms with van der Waals surface area (Å²) in [7, 11) is 2.12. The molecule has 10 heteroatoms. The van der Waals surface area contributed by atoms with Gasteiger partial charge < -0.3 is 29.5 Å². The molecule has 2 saturated heterocycles. The van der Waals surface area contributed by atoms with Crippen LogP contribution in [0.25, 0.3) is 0 Å². The molecule has 4 heterocycles. The molecule has 2 atom stereocenters. The minimum Gasteiger partial charge on any atom is -0.462 e. The summed E-state index contributed by atoms with van der Waals surface area (Å²) in [5.74, 6) is 0.839. The second-order valence-corrected chi connectivity index (χ2v) is 10.1. The Bertz CT molecular complexity index is 911. The summed E-state index contributed by atoms with van der Waals surface area (Å²) < 4.78 is 11.6. The molecule has 0 bridgehead atoms. The Balaban J connectivity index is 1.51. The summed E-state index contributed by atoms with van der Waals surface area (Å²) >= 11 is 0. The van der Waals surface area contributed by atoms with Crippen LogP contribution in [0.1, 0.15) is 51.3 Å². The molecule has 10 nitrogen and oxygen atoms in total. The van der Waals surface area contributed by atoms with Gasteiger partial charge in [0.05, 0.1) is 24.2 Å². The Morgan fingerprint density at radius 3 is 2.73 bits per heavy atom. The number of amides is 1. The topological polar surface area (TPSA) is 107 Å². The molecule has 0 saturated carbocycles. The minimum atomic E-state index is -0.579. The molecule has 1 N–H and O–H groups in total. The lowest BCUT2D eigenvalue weighted by atomic mass is 10.1. The van der Waals surface area contributed by atoms with Crippen molar-refractivity contribution in [2.75, 3.05) is 44.7 Å². The molecule has 1 aromatic heterocycles. The van der Waals surface area contributed by atoms with Crippen LogP contribution in [0, 0.1) is 11.3 Å². The highest BCUT2D eigenvalue weighted by Gasteiger charge is 2.35. The van der Waals surface area contributed by atoms with Crippen LogP contribution in [-0.2, 0) is 17.8 Å². The fraction of sp³-hybridized carbons (Fsp3) is 0.739. The van der Waals surface area contributed by atoms with Gasteiger partial charge in [0.1, 0.15) is 18.0 Å². The maximum Gasteiger partial charge on any atom is 0.410 e. The van der Waals surface area contributed by atoms with Crippen molar-refractivity contribution in [3.05, 3.63) is 11.3 Å². The summed E-state index contributed by atoms with van der Waals surface area (Å²) in [6.45, 7) is 10.2. The van der Waals surface area contributed by atoms with Crippen LogP contribution >= 0.6 is 0 Å². The zero-order valence-corrected chi connectivity index (χ0v) is 20.1. The van der Waals surface area contributed by atoms with Gasteiger partial charge in [0.25, 0.3) is 0 Å². The van der Waals surface area contributed by atoms with E-state index in [9.17, 15) is 10.1 Å². The summed E-state index contributed by atoms with van der Waals surface area (Å²) in [5, 5.41) is 12.8. The van der Waals surface area contributed by atoms with Crippen LogP contribution in [0.15, 0.2) is 0 Å². The van der Waals surface area contributed by atoms with Gasteiger partial charge in [-0.05, 0) is 47.2 Å². The predicted molar refractivity (Wildman–Crippen MR) is 123 cm³/mol. The van der Waals surface area contributed by atoms with E-state index >= 15 is 0 Å². The van der Waals surface area contributed by atoms with Crippen LogP contribution in [-0.4, -0.2) is 83.4 Å². The Morgan fingerprint density at radius 2 is 2.03 bits per heavy atom. The largest absolute Gasteiger partial charge is 0.462 e. The van der Waals surface area contributed by atoms with E-state index in [4.69, 9.17) is 14.5 Å². The van der Waals surface area contributed by atoms with E-state index < -0.39 is 5.60 Å². The smallest absolute Gasteiger partial charge is 0.410 e. The molecule has 3 aliphatic rings. The quantitative estimate of drug-likeness (QED) is 0.709. The molecule has 3 aliphatic heterocycles. The number of nitriles is 1. The third-order valence-electron chi connectivity index (χ3n) is 6.46. The number of carbonyl (C=O) groups is 1. The van der Waals surface area contributed by atoms with Gasteiger partial charge in [-0.25, -0.2) is 4.79 Å². The van der Waals surface area contributed by atoms with E-state index in [-0.39, 0.29) is 18.6 Å². The van der Waals surface area contributed by atoms with Gasteiger partial charge >= 0.3 is 12.1 Å². The highest BCUT2D eigenvalue weighted by molar-refractivity contribution is 5.69. The van der Waals surface area contributed by atoms with Crippen molar-refractivity contribution < 1.29 is 14.3 Å². The molecule has 1 amide bonds. The first-order valence-electron chi connectivity index (χ1n) is 11.8. The summed E-state index contributed by atoms with van der Waals surface area (Å²) in [5.41, 5.74) is 1.45. The number of hydrogen-bond donors (Lipinski definition) is 1. The fourth-order valence-corrected chi connectivity index (χ4v) is 4.70. The highest BCUT2D eigenvalue weighted by Crippen LogP contribution is 2.30. The Hall–Kier alpha value is -2.64. The van der Waals surface area contributed by atoms with Crippen LogP contribution in [0.5, 0.6) is 6.01 Å². The Morgan fingerprint density at radius 1 is 1.21 bits per heavy atom. The molecule has 0 aromatic carbocycles. The van der Waals surface area contributed by atoms with Crippen molar-refractivity contribution in [1.29, 1.82) is 5.26 Å². The highest BCUT2D eigenvalue weighted by atomic mass is 16.6. The summed E-state index contributed by atoms with van der Waals surface area (Å²) in [6, 6.07) is 2.75. The minimum absolute atomic E-state index is 0.235. The molecule has 2 fully saturated rings. The van der Waals surface area contributed by atoms with Crippen molar-refractivity contribution >= 4 is 11.9 Å². The van der Waals surface area contributed by atoms with Crippen LogP contribution in [0.2, 0.25) is 0 Å². The molecular weight excluding hydrogens is 422 g/mol. The maximum atomic E-state index is 12.7. The lowest BCUT2D eigenvalue weighted by Gasteiger charge is -2.41. The molecular formula is C23H35N7O3. The number of carbonyl (C=O) groups excluding carboxylic acids is 1. The number of hydrogen-bond acceptors (Lipinski definition) is 9. The molecule has 4 rings (SSSR count). The van der Waals surface area contributed by atoms with Crippen molar-refractivity contribution in [3.63, 3.8) is 0 Å². The molecule has 180 valence electrons. The van der Waals surface area contributed by atoms with Crippen molar-refractivity contribution in [2.24, 2.45) is 0 Å². The Kier molecular flexibility index (Phi) is 6.91. The second kappa shape index (κ2) is 9.69. The van der Waals surface area contributed by atoms with E-state index in [1.54, 1.807) is 4.90 Å². The van der Waals surface area contributed by atoms with Gasteiger partial charge in [0.15, 0.2) is 0 Å². The zero-order chi connectivity index (χ0) is 23.6. The van der Waals surface area contributed by atoms with Crippen molar-refractivity contribution in [1.82, 2.24) is 25.1 Å².